The van der Waals surface area contributed by atoms with Crippen LogP contribution in [0.4, 0.5) is 5.69 Å². The first-order valence-electron chi connectivity index (χ1n) is 7.08. The molecule has 0 aromatic heterocycles. The molecule has 0 heterocycles. The number of carbonyl (C=O) groups is 2. The van der Waals surface area contributed by atoms with Gasteiger partial charge in [-0.25, -0.2) is 0 Å². The number of methoxy groups -OCH3 is 1. The van der Waals surface area contributed by atoms with Gasteiger partial charge in [-0.15, -0.1) is 0 Å². The van der Waals surface area contributed by atoms with Gasteiger partial charge in [0, 0.05) is 12.6 Å². The van der Waals surface area contributed by atoms with Gasteiger partial charge in [-0.05, 0) is 35.9 Å². The van der Waals surface area contributed by atoms with Crippen molar-refractivity contribution in [2.24, 2.45) is 0 Å². The zero-order valence-electron chi connectivity index (χ0n) is 13.0. The van der Waals surface area contributed by atoms with Crippen LogP contribution in [0.3, 0.4) is 0 Å². The molecule has 0 aliphatic carbocycles. The Morgan fingerprint density at radius 1 is 1.00 bits per heavy atom. The fourth-order valence-corrected chi connectivity index (χ4v) is 1.94. The highest BCUT2D eigenvalue weighted by Crippen LogP contribution is 2.16. The van der Waals surface area contributed by atoms with E-state index < -0.39 is 5.91 Å². The van der Waals surface area contributed by atoms with Crippen LogP contribution in [-0.2, 0) is 9.59 Å². The average Bonchev–Trinajstić information content (AvgIpc) is 2.55. The van der Waals surface area contributed by atoms with Crippen molar-refractivity contribution in [3.05, 3.63) is 65.9 Å². The maximum absolute atomic E-state index is 12.4. The quantitative estimate of drug-likeness (QED) is 0.835. The second-order valence-electron chi connectivity index (χ2n) is 4.83. The first kappa shape index (κ1) is 16.3. The molecule has 2 aromatic rings. The second kappa shape index (κ2) is 7.79. The number of benzene rings is 2. The Labute approximate surface area is 135 Å². The lowest BCUT2D eigenvalue weighted by Gasteiger charge is -2.10. The minimum absolute atomic E-state index is 0.180. The monoisotopic (exact) mass is 310 g/mol. The number of nitrogens with one attached hydrogen (secondary N) is 2. The highest BCUT2D eigenvalue weighted by Gasteiger charge is 2.11. The molecule has 23 heavy (non-hydrogen) atoms. The molecule has 0 aliphatic rings. The second-order valence-corrected chi connectivity index (χ2v) is 4.83. The van der Waals surface area contributed by atoms with Crippen molar-refractivity contribution in [1.82, 2.24) is 5.32 Å². The highest BCUT2D eigenvalue weighted by atomic mass is 16.5. The van der Waals surface area contributed by atoms with E-state index in [2.05, 4.69) is 10.6 Å². The zero-order valence-corrected chi connectivity index (χ0v) is 13.0. The van der Waals surface area contributed by atoms with Crippen LogP contribution in [0.5, 0.6) is 5.75 Å². The van der Waals surface area contributed by atoms with Gasteiger partial charge in [-0.1, -0.05) is 30.3 Å². The van der Waals surface area contributed by atoms with E-state index in [1.807, 2.05) is 30.3 Å². The van der Waals surface area contributed by atoms with Crippen LogP contribution in [0, 0.1) is 0 Å². The number of amides is 2. The normalized spacial score (nSPS) is 10.8. The van der Waals surface area contributed by atoms with Gasteiger partial charge in [0.15, 0.2) is 0 Å². The van der Waals surface area contributed by atoms with Crippen molar-refractivity contribution in [3.63, 3.8) is 0 Å². The molecule has 0 atom stereocenters. The third-order valence-corrected chi connectivity index (χ3v) is 3.01. The van der Waals surface area contributed by atoms with Crippen molar-refractivity contribution in [3.8, 4) is 5.75 Å². The van der Waals surface area contributed by atoms with Crippen LogP contribution in [0.15, 0.2) is 60.3 Å². The summed E-state index contributed by atoms with van der Waals surface area (Å²) in [6.45, 7) is 1.36. The predicted octanol–water partition coefficient (Wildman–Crippen LogP) is 2.81. The molecule has 0 aliphatic heterocycles. The maximum atomic E-state index is 12.4. The predicted molar refractivity (Wildman–Crippen MR) is 89.9 cm³/mol. The lowest BCUT2D eigenvalue weighted by molar-refractivity contribution is -0.120. The SMILES string of the molecule is COc1ccc(NC(=O)/C(=C/c2ccccc2)NC(C)=O)cc1. The Bertz CT molecular complexity index is 707. The molecular weight excluding hydrogens is 292 g/mol. The van der Waals surface area contributed by atoms with Crippen LogP contribution in [0.25, 0.3) is 6.08 Å². The van der Waals surface area contributed by atoms with Crippen LogP contribution in [-0.4, -0.2) is 18.9 Å². The van der Waals surface area contributed by atoms with Crippen molar-refractivity contribution in [2.45, 2.75) is 6.92 Å². The molecule has 0 saturated heterocycles. The molecule has 2 rings (SSSR count). The largest absolute Gasteiger partial charge is 0.497 e. The fraction of sp³-hybridized carbons (Fsp3) is 0.111. The summed E-state index contributed by atoms with van der Waals surface area (Å²) in [5.41, 5.74) is 1.61. The smallest absolute Gasteiger partial charge is 0.272 e. The summed E-state index contributed by atoms with van der Waals surface area (Å²) in [5, 5.41) is 5.30. The van der Waals surface area contributed by atoms with Gasteiger partial charge in [0.2, 0.25) is 5.91 Å². The Balaban J connectivity index is 2.19. The molecule has 118 valence electrons. The Hall–Kier alpha value is -3.08. The van der Waals surface area contributed by atoms with E-state index in [4.69, 9.17) is 4.74 Å². The van der Waals surface area contributed by atoms with E-state index in [0.29, 0.717) is 11.4 Å². The van der Waals surface area contributed by atoms with E-state index >= 15 is 0 Å². The van der Waals surface area contributed by atoms with Crippen LogP contribution >= 0.6 is 0 Å². The van der Waals surface area contributed by atoms with E-state index in [1.165, 1.54) is 6.92 Å². The van der Waals surface area contributed by atoms with Gasteiger partial charge in [-0.2, -0.15) is 0 Å². The maximum Gasteiger partial charge on any atom is 0.272 e. The molecule has 5 heteroatoms. The number of ether oxygens (including phenoxy) is 1. The molecule has 0 bridgehead atoms. The third kappa shape index (κ3) is 5.00. The molecule has 0 radical (unpaired) electrons. The molecule has 0 unspecified atom stereocenters. The van der Waals surface area contributed by atoms with Crippen LogP contribution < -0.4 is 15.4 Å². The summed E-state index contributed by atoms with van der Waals surface area (Å²) in [7, 11) is 1.57. The van der Waals surface area contributed by atoms with Gasteiger partial charge in [0.05, 0.1) is 7.11 Å². The van der Waals surface area contributed by atoms with Crippen molar-refractivity contribution in [2.75, 3.05) is 12.4 Å². The fourth-order valence-electron chi connectivity index (χ4n) is 1.94. The number of hydrogen-bond acceptors (Lipinski definition) is 3. The average molecular weight is 310 g/mol. The highest BCUT2D eigenvalue weighted by molar-refractivity contribution is 6.08. The Morgan fingerprint density at radius 3 is 2.22 bits per heavy atom. The summed E-state index contributed by atoms with van der Waals surface area (Å²) < 4.78 is 5.07. The van der Waals surface area contributed by atoms with Gasteiger partial charge >= 0.3 is 0 Å². The van der Waals surface area contributed by atoms with Gasteiger partial charge < -0.3 is 15.4 Å². The molecular formula is C18H18N2O3. The number of rotatable bonds is 5. The molecule has 5 nitrogen and oxygen atoms in total. The molecule has 2 amide bonds. The minimum atomic E-state index is -0.394. The van der Waals surface area contributed by atoms with Gasteiger partial charge in [0.25, 0.3) is 5.91 Å². The lowest BCUT2D eigenvalue weighted by atomic mass is 10.2. The number of hydrogen-bond donors (Lipinski definition) is 2. The minimum Gasteiger partial charge on any atom is -0.497 e. The number of anilines is 1. The Kier molecular flexibility index (Phi) is 5.52. The van der Waals surface area contributed by atoms with Crippen molar-refractivity contribution < 1.29 is 14.3 Å². The first-order valence-corrected chi connectivity index (χ1v) is 7.08. The summed E-state index contributed by atoms with van der Waals surface area (Å²) >= 11 is 0. The standard InChI is InChI=1S/C18H18N2O3/c1-13(21)19-17(12-14-6-4-3-5-7-14)18(22)20-15-8-10-16(23-2)11-9-15/h3-12H,1-2H3,(H,19,21)(H,20,22)/b17-12-. The first-order chi connectivity index (χ1) is 11.1. The van der Waals surface area contributed by atoms with Crippen LogP contribution in [0.2, 0.25) is 0 Å². The molecule has 0 fully saturated rings. The molecule has 0 spiro atoms. The van der Waals surface area contributed by atoms with E-state index in [-0.39, 0.29) is 11.6 Å². The van der Waals surface area contributed by atoms with Crippen LogP contribution in [0.1, 0.15) is 12.5 Å². The molecule has 2 N–H and O–H groups in total. The Morgan fingerprint density at radius 2 is 1.65 bits per heavy atom. The van der Waals surface area contributed by atoms with Crippen molar-refractivity contribution >= 4 is 23.6 Å². The topological polar surface area (TPSA) is 67.4 Å². The van der Waals surface area contributed by atoms with Gasteiger partial charge in [-0.3, -0.25) is 9.59 Å². The molecule has 2 aromatic carbocycles. The summed E-state index contributed by atoms with van der Waals surface area (Å²) in [6, 6.07) is 16.2. The summed E-state index contributed by atoms with van der Waals surface area (Å²) in [5.74, 6) is -0.00352. The third-order valence-electron chi connectivity index (χ3n) is 3.01. The lowest BCUT2D eigenvalue weighted by Crippen LogP contribution is -2.28. The van der Waals surface area contributed by atoms with Crippen molar-refractivity contribution in [1.29, 1.82) is 0 Å². The number of carbonyl (C=O) groups excluding carboxylic acids is 2. The van der Waals surface area contributed by atoms with E-state index in [9.17, 15) is 9.59 Å². The van der Waals surface area contributed by atoms with E-state index in [0.717, 1.165) is 5.56 Å². The van der Waals surface area contributed by atoms with Gasteiger partial charge in [0.1, 0.15) is 11.4 Å². The summed E-state index contributed by atoms with van der Waals surface area (Å²) in [6.07, 6.45) is 1.63. The van der Waals surface area contributed by atoms with E-state index in [1.54, 1.807) is 37.5 Å². The zero-order chi connectivity index (χ0) is 16.7. The summed E-state index contributed by atoms with van der Waals surface area (Å²) in [4.78, 5) is 23.7. The molecule has 0 saturated carbocycles.